The summed E-state index contributed by atoms with van der Waals surface area (Å²) in [6.07, 6.45) is 2.14. The first-order valence-corrected chi connectivity index (χ1v) is 8.31. The van der Waals surface area contributed by atoms with E-state index >= 15 is 0 Å². The number of hydrogen-bond donors (Lipinski definition) is 2. The Labute approximate surface area is 153 Å². The lowest BCUT2D eigenvalue weighted by molar-refractivity contribution is -0.117. The van der Waals surface area contributed by atoms with Crippen molar-refractivity contribution < 1.29 is 9.59 Å². The number of rotatable bonds is 4. The van der Waals surface area contributed by atoms with Crippen LogP contribution in [0.5, 0.6) is 0 Å². The van der Waals surface area contributed by atoms with E-state index in [1.165, 1.54) is 6.20 Å². The first-order chi connectivity index (χ1) is 11.5. The molecule has 1 heterocycles. The number of halogens is 3. The van der Waals surface area contributed by atoms with Crippen molar-refractivity contribution in [1.29, 1.82) is 0 Å². The van der Waals surface area contributed by atoms with E-state index in [4.69, 9.17) is 34.8 Å². The molecule has 1 aromatic carbocycles. The summed E-state index contributed by atoms with van der Waals surface area (Å²) in [5, 5.41) is 5.75. The van der Waals surface area contributed by atoms with E-state index in [9.17, 15) is 9.59 Å². The van der Waals surface area contributed by atoms with E-state index in [2.05, 4.69) is 15.6 Å². The SMILES string of the molecule is O=C(Nc1ccnc(NC(=O)[C@H]2C[C@@H]2Cl)c1)c1c(Cl)cccc1Cl. The second-order valence-corrected chi connectivity index (χ2v) is 6.70. The summed E-state index contributed by atoms with van der Waals surface area (Å²) in [6, 6.07) is 7.97. The van der Waals surface area contributed by atoms with Gasteiger partial charge in [-0.1, -0.05) is 29.3 Å². The molecule has 1 aliphatic rings. The molecule has 2 aromatic rings. The minimum absolute atomic E-state index is 0.116. The maximum absolute atomic E-state index is 12.3. The van der Waals surface area contributed by atoms with Crippen molar-refractivity contribution in [3.8, 4) is 0 Å². The van der Waals surface area contributed by atoms with Crippen LogP contribution in [0.15, 0.2) is 36.5 Å². The largest absolute Gasteiger partial charge is 0.322 e. The number of aromatic nitrogens is 1. The molecule has 0 radical (unpaired) electrons. The molecular weight excluding hydrogens is 373 g/mol. The Kier molecular flexibility index (Phi) is 4.94. The van der Waals surface area contributed by atoms with Crippen LogP contribution in [0.3, 0.4) is 0 Å². The number of nitrogens with zero attached hydrogens (tertiary/aromatic N) is 1. The van der Waals surface area contributed by atoms with Gasteiger partial charge in [-0.15, -0.1) is 11.6 Å². The van der Waals surface area contributed by atoms with Crippen LogP contribution in [0, 0.1) is 5.92 Å². The zero-order valence-electron chi connectivity index (χ0n) is 12.2. The number of carbonyl (C=O) groups is 2. The van der Waals surface area contributed by atoms with Crippen LogP contribution < -0.4 is 10.6 Å². The van der Waals surface area contributed by atoms with Crippen molar-refractivity contribution in [1.82, 2.24) is 4.98 Å². The van der Waals surface area contributed by atoms with Crippen molar-refractivity contribution in [2.24, 2.45) is 5.92 Å². The summed E-state index contributed by atoms with van der Waals surface area (Å²) in [6.45, 7) is 0. The third-order valence-corrected chi connectivity index (χ3v) is 4.62. The second-order valence-electron chi connectivity index (χ2n) is 5.33. The fourth-order valence-electron chi connectivity index (χ4n) is 2.14. The predicted octanol–water partition coefficient (Wildman–Crippen LogP) is 4.21. The monoisotopic (exact) mass is 383 g/mol. The maximum atomic E-state index is 12.3. The molecule has 0 saturated heterocycles. The van der Waals surface area contributed by atoms with Gasteiger partial charge in [0.05, 0.1) is 21.5 Å². The number of benzene rings is 1. The number of nitrogens with one attached hydrogen (secondary N) is 2. The van der Waals surface area contributed by atoms with Crippen LogP contribution in [-0.4, -0.2) is 22.2 Å². The van der Waals surface area contributed by atoms with E-state index < -0.39 is 5.91 Å². The Hall–Kier alpha value is -1.82. The van der Waals surface area contributed by atoms with Crippen LogP contribution in [0.2, 0.25) is 10.0 Å². The molecule has 2 atom stereocenters. The van der Waals surface area contributed by atoms with Crippen LogP contribution in [-0.2, 0) is 4.79 Å². The minimum Gasteiger partial charge on any atom is -0.322 e. The summed E-state index contributed by atoms with van der Waals surface area (Å²) < 4.78 is 0. The molecule has 0 spiro atoms. The van der Waals surface area contributed by atoms with Crippen molar-refractivity contribution in [2.45, 2.75) is 11.8 Å². The molecule has 1 aromatic heterocycles. The van der Waals surface area contributed by atoms with Crippen molar-refractivity contribution in [3.63, 3.8) is 0 Å². The van der Waals surface area contributed by atoms with E-state index in [-0.39, 0.29) is 32.8 Å². The van der Waals surface area contributed by atoms with E-state index in [0.29, 0.717) is 17.9 Å². The highest BCUT2D eigenvalue weighted by atomic mass is 35.5. The Balaban J connectivity index is 1.72. The summed E-state index contributed by atoms with van der Waals surface area (Å²) >= 11 is 17.9. The van der Waals surface area contributed by atoms with Crippen LogP contribution in [0.25, 0.3) is 0 Å². The number of anilines is 2. The maximum Gasteiger partial charge on any atom is 0.258 e. The van der Waals surface area contributed by atoms with E-state index in [0.717, 1.165) is 0 Å². The van der Waals surface area contributed by atoms with E-state index in [1.54, 1.807) is 30.3 Å². The third-order valence-electron chi connectivity index (χ3n) is 3.51. The lowest BCUT2D eigenvalue weighted by Crippen LogP contribution is -2.17. The van der Waals surface area contributed by atoms with E-state index in [1.807, 2.05) is 0 Å². The molecule has 2 N–H and O–H groups in total. The van der Waals surface area contributed by atoms with Gasteiger partial charge in [0.1, 0.15) is 5.82 Å². The molecule has 8 heteroatoms. The average Bonchev–Trinajstić information content (AvgIpc) is 3.24. The lowest BCUT2D eigenvalue weighted by Gasteiger charge is -2.10. The van der Waals surface area contributed by atoms with Gasteiger partial charge < -0.3 is 10.6 Å². The molecule has 124 valence electrons. The number of hydrogen-bond acceptors (Lipinski definition) is 3. The molecule has 24 heavy (non-hydrogen) atoms. The summed E-state index contributed by atoms with van der Waals surface area (Å²) in [7, 11) is 0. The zero-order valence-corrected chi connectivity index (χ0v) is 14.5. The summed E-state index contributed by atoms with van der Waals surface area (Å²) in [5.74, 6) is -0.482. The highest BCUT2D eigenvalue weighted by Crippen LogP contribution is 2.36. The van der Waals surface area contributed by atoms with Gasteiger partial charge in [-0.25, -0.2) is 4.98 Å². The molecule has 1 saturated carbocycles. The zero-order chi connectivity index (χ0) is 17.3. The fraction of sp³-hybridized carbons (Fsp3) is 0.188. The van der Waals surface area contributed by atoms with Crippen molar-refractivity contribution in [2.75, 3.05) is 10.6 Å². The summed E-state index contributed by atoms with van der Waals surface area (Å²) in [5.41, 5.74) is 0.644. The average molecular weight is 385 g/mol. The lowest BCUT2D eigenvalue weighted by atomic mass is 10.2. The number of alkyl halides is 1. The normalized spacial score (nSPS) is 18.8. The number of carbonyl (C=O) groups excluding carboxylic acids is 2. The van der Waals surface area contributed by atoms with Crippen LogP contribution in [0.4, 0.5) is 11.5 Å². The van der Waals surface area contributed by atoms with Gasteiger partial charge in [-0.05, 0) is 24.6 Å². The standard InChI is InChI=1S/C16H12Cl3N3O2/c17-10-2-1-3-11(18)14(10)16(24)21-8-4-5-20-13(6-8)22-15(23)9-7-12(9)19/h1-6,9,12H,7H2,(H2,20,21,22,23,24)/t9-,12-/m0/s1. The molecule has 0 aliphatic heterocycles. The van der Waals surface area contributed by atoms with Gasteiger partial charge in [0, 0.05) is 23.3 Å². The molecule has 0 unspecified atom stereocenters. The van der Waals surface area contributed by atoms with Gasteiger partial charge in [0.2, 0.25) is 5.91 Å². The van der Waals surface area contributed by atoms with Gasteiger partial charge in [0.15, 0.2) is 0 Å². The topological polar surface area (TPSA) is 71.1 Å². The van der Waals surface area contributed by atoms with Gasteiger partial charge in [-0.2, -0.15) is 0 Å². The Morgan fingerprint density at radius 3 is 2.42 bits per heavy atom. The quantitative estimate of drug-likeness (QED) is 0.776. The molecule has 1 fully saturated rings. The Bertz CT molecular complexity index is 793. The molecule has 3 rings (SSSR count). The highest BCUT2D eigenvalue weighted by Gasteiger charge is 2.41. The van der Waals surface area contributed by atoms with Gasteiger partial charge in [-0.3, -0.25) is 9.59 Å². The van der Waals surface area contributed by atoms with Gasteiger partial charge in [0.25, 0.3) is 5.91 Å². The molecule has 2 amide bonds. The van der Waals surface area contributed by atoms with Crippen molar-refractivity contribution in [3.05, 3.63) is 52.1 Å². The first-order valence-electron chi connectivity index (χ1n) is 7.12. The fourth-order valence-corrected chi connectivity index (χ4v) is 3.01. The predicted molar refractivity (Wildman–Crippen MR) is 95.0 cm³/mol. The molecular formula is C16H12Cl3N3O2. The Morgan fingerprint density at radius 2 is 1.79 bits per heavy atom. The van der Waals surface area contributed by atoms with Gasteiger partial charge >= 0.3 is 0 Å². The van der Waals surface area contributed by atoms with Crippen LogP contribution in [0.1, 0.15) is 16.8 Å². The molecule has 1 aliphatic carbocycles. The van der Waals surface area contributed by atoms with Crippen molar-refractivity contribution >= 4 is 58.1 Å². The summed E-state index contributed by atoms with van der Waals surface area (Å²) in [4.78, 5) is 28.3. The third kappa shape index (κ3) is 3.80. The minimum atomic E-state index is -0.447. The number of pyridine rings is 1. The smallest absolute Gasteiger partial charge is 0.258 e. The van der Waals surface area contributed by atoms with Crippen LogP contribution >= 0.6 is 34.8 Å². The first kappa shape index (κ1) is 17.0. The highest BCUT2D eigenvalue weighted by molar-refractivity contribution is 6.40. The number of amides is 2. The molecule has 5 nitrogen and oxygen atoms in total. The molecule has 0 bridgehead atoms. The second kappa shape index (κ2) is 6.97. The Morgan fingerprint density at radius 1 is 1.12 bits per heavy atom.